The number of hydrogen-bond acceptors (Lipinski definition) is 3. The molecular formula is C21H27N3O2S2. The molecule has 0 aromatic heterocycles. The first-order chi connectivity index (χ1) is 13.4. The molecule has 1 aliphatic heterocycles. The molecule has 2 aromatic rings. The normalized spacial score (nSPS) is 17.9. The van der Waals surface area contributed by atoms with Crippen molar-refractivity contribution in [2.45, 2.75) is 50.5 Å². The molecule has 0 spiro atoms. The van der Waals surface area contributed by atoms with Gasteiger partial charge in [-0.15, -0.1) is 0 Å². The lowest BCUT2D eigenvalue weighted by Gasteiger charge is -2.32. The first-order valence-corrected chi connectivity index (χ1v) is 11.5. The highest BCUT2D eigenvalue weighted by molar-refractivity contribution is 7.89. The van der Waals surface area contributed by atoms with E-state index in [-0.39, 0.29) is 6.04 Å². The molecule has 3 rings (SSSR count). The molecular weight excluding hydrogens is 390 g/mol. The van der Waals surface area contributed by atoms with Crippen LogP contribution >= 0.6 is 12.2 Å². The molecule has 7 heteroatoms. The molecule has 0 unspecified atom stereocenters. The van der Waals surface area contributed by atoms with Crippen LogP contribution in [0.4, 0.5) is 11.4 Å². The van der Waals surface area contributed by atoms with Gasteiger partial charge in [0.15, 0.2) is 5.11 Å². The van der Waals surface area contributed by atoms with Crippen LogP contribution in [-0.4, -0.2) is 30.4 Å². The lowest BCUT2D eigenvalue weighted by atomic mass is 10.1. The lowest BCUT2D eigenvalue weighted by molar-refractivity contribution is 0.268. The van der Waals surface area contributed by atoms with Gasteiger partial charge >= 0.3 is 0 Å². The number of aryl methyl sites for hydroxylation is 1. The largest absolute Gasteiger partial charge is 0.332 e. The van der Waals surface area contributed by atoms with E-state index in [4.69, 9.17) is 12.2 Å². The van der Waals surface area contributed by atoms with Crippen molar-refractivity contribution in [1.29, 1.82) is 0 Å². The van der Waals surface area contributed by atoms with Crippen molar-refractivity contribution in [3.8, 4) is 0 Å². The Morgan fingerprint density at radius 3 is 2.14 bits per heavy atom. The first kappa shape index (κ1) is 20.8. The van der Waals surface area contributed by atoms with Crippen LogP contribution in [0.1, 0.15) is 38.7 Å². The van der Waals surface area contributed by atoms with Gasteiger partial charge < -0.3 is 10.6 Å². The Morgan fingerprint density at radius 2 is 1.61 bits per heavy atom. The fourth-order valence-electron chi connectivity index (χ4n) is 3.39. The summed E-state index contributed by atoms with van der Waals surface area (Å²) in [6.07, 6.45) is 3.91. The molecule has 1 atom stereocenters. The molecule has 1 fully saturated rings. The maximum absolute atomic E-state index is 12.9. The minimum Gasteiger partial charge on any atom is -0.332 e. The van der Waals surface area contributed by atoms with Crippen LogP contribution in [0.25, 0.3) is 0 Å². The molecule has 0 radical (unpaired) electrons. The summed E-state index contributed by atoms with van der Waals surface area (Å²) < 4.78 is 27.4. The van der Waals surface area contributed by atoms with Gasteiger partial charge in [-0.3, -0.25) is 0 Å². The van der Waals surface area contributed by atoms with Crippen molar-refractivity contribution in [2.75, 3.05) is 17.2 Å². The molecule has 0 saturated carbocycles. The molecule has 1 aliphatic rings. The number of anilines is 2. The number of nitrogens with zero attached hydrogens (tertiary/aromatic N) is 1. The molecule has 2 aromatic carbocycles. The monoisotopic (exact) mass is 417 g/mol. The summed E-state index contributed by atoms with van der Waals surface area (Å²) in [4.78, 5) is 0.320. The van der Waals surface area contributed by atoms with Gasteiger partial charge in [0.1, 0.15) is 0 Å². The van der Waals surface area contributed by atoms with E-state index in [1.54, 1.807) is 28.6 Å². The molecule has 1 heterocycles. The quantitative estimate of drug-likeness (QED) is 0.695. The van der Waals surface area contributed by atoms with E-state index in [0.29, 0.717) is 16.6 Å². The van der Waals surface area contributed by atoms with Gasteiger partial charge in [-0.25, -0.2) is 8.42 Å². The second-order valence-electron chi connectivity index (χ2n) is 7.11. The lowest BCUT2D eigenvalue weighted by Crippen LogP contribution is -2.41. The zero-order chi connectivity index (χ0) is 20.1. The maximum Gasteiger partial charge on any atom is 0.243 e. The van der Waals surface area contributed by atoms with Crippen molar-refractivity contribution in [3.05, 3.63) is 54.1 Å². The fourth-order valence-corrected chi connectivity index (χ4v) is 5.33. The summed E-state index contributed by atoms with van der Waals surface area (Å²) >= 11 is 5.35. The minimum atomic E-state index is -3.45. The number of sulfonamides is 1. The van der Waals surface area contributed by atoms with Gasteiger partial charge in [-0.05, 0) is 80.4 Å². The van der Waals surface area contributed by atoms with Crippen LogP contribution in [0.5, 0.6) is 0 Å². The number of rotatable bonds is 5. The van der Waals surface area contributed by atoms with E-state index >= 15 is 0 Å². The summed E-state index contributed by atoms with van der Waals surface area (Å²) in [5, 5.41) is 6.70. The van der Waals surface area contributed by atoms with Gasteiger partial charge in [0, 0.05) is 24.0 Å². The molecule has 28 heavy (non-hydrogen) atoms. The molecule has 150 valence electrons. The summed E-state index contributed by atoms with van der Waals surface area (Å²) in [5.41, 5.74) is 2.92. The fraction of sp³-hybridized carbons (Fsp3) is 0.381. The second kappa shape index (κ2) is 9.03. The van der Waals surface area contributed by atoms with Crippen LogP contribution in [0.15, 0.2) is 53.4 Å². The second-order valence-corrected chi connectivity index (χ2v) is 9.41. The Labute approximate surface area is 173 Å². The number of thiocarbonyl (C=S) groups is 1. The summed E-state index contributed by atoms with van der Waals surface area (Å²) in [6.45, 7) is 4.68. The van der Waals surface area contributed by atoms with Gasteiger partial charge in [0.25, 0.3) is 0 Å². The van der Waals surface area contributed by atoms with Gasteiger partial charge in [-0.2, -0.15) is 4.31 Å². The van der Waals surface area contributed by atoms with Gasteiger partial charge in [-0.1, -0.05) is 25.5 Å². The SMILES string of the molecule is CCc1ccc(NC(=S)Nc2ccc(S(=O)(=O)N3CCCC[C@H]3C)cc2)cc1. The third kappa shape index (κ3) is 4.90. The number of hydrogen-bond donors (Lipinski definition) is 2. The van der Waals surface area contributed by atoms with Crippen LogP contribution in [-0.2, 0) is 16.4 Å². The van der Waals surface area contributed by atoms with Crippen LogP contribution in [0, 0.1) is 0 Å². The van der Waals surface area contributed by atoms with Crippen molar-refractivity contribution in [2.24, 2.45) is 0 Å². The molecule has 0 aliphatic carbocycles. The Morgan fingerprint density at radius 1 is 1.04 bits per heavy atom. The van der Waals surface area contributed by atoms with Crippen LogP contribution in [0.3, 0.4) is 0 Å². The summed E-state index contributed by atoms with van der Waals surface area (Å²) in [7, 11) is -3.45. The number of piperidine rings is 1. The summed E-state index contributed by atoms with van der Waals surface area (Å²) in [6, 6.07) is 14.9. The van der Waals surface area contributed by atoms with Crippen LogP contribution < -0.4 is 10.6 Å². The number of nitrogens with one attached hydrogen (secondary N) is 2. The predicted molar refractivity (Wildman–Crippen MR) is 119 cm³/mol. The maximum atomic E-state index is 12.9. The predicted octanol–water partition coefficient (Wildman–Crippen LogP) is 4.62. The van der Waals surface area contributed by atoms with Crippen molar-refractivity contribution >= 4 is 38.7 Å². The highest BCUT2D eigenvalue weighted by atomic mass is 32.2. The Hall–Kier alpha value is -1.96. The zero-order valence-electron chi connectivity index (χ0n) is 16.3. The van der Waals surface area contributed by atoms with E-state index in [0.717, 1.165) is 37.1 Å². The third-order valence-electron chi connectivity index (χ3n) is 5.08. The highest BCUT2D eigenvalue weighted by Gasteiger charge is 2.30. The van der Waals surface area contributed by atoms with E-state index in [1.807, 2.05) is 19.1 Å². The topological polar surface area (TPSA) is 61.4 Å². The van der Waals surface area contributed by atoms with Crippen LogP contribution in [0.2, 0.25) is 0 Å². The molecule has 1 saturated heterocycles. The smallest absolute Gasteiger partial charge is 0.243 e. The molecule has 5 nitrogen and oxygen atoms in total. The van der Waals surface area contributed by atoms with E-state index in [9.17, 15) is 8.42 Å². The van der Waals surface area contributed by atoms with Crippen molar-refractivity contribution in [1.82, 2.24) is 4.31 Å². The van der Waals surface area contributed by atoms with Crippen molar-refractivity contribution < 1.29 is 8.42 Å². The summed E-state index contributed by atoms with van der Waals surface area (Å²) in [5.74, 6) is 0. The molecule has 0 bridgehead atoms. The van der Waals surface area contributed by atoms with E-state index in [1.165, 1.54) is 5.56 Å². The average Bonchev–Trinajstić information content (AvgIpc) is 2.69. The molecule has 0 amide bonds. The van der Waals surface area contributed by atoms with Gasteiger partial charge in [0.2, 0.25) is 10.0 Å². The first-order valence-electron chi connectivity index (χ1n) is 9.69. The highest BCUT2D eigenvalue weighted by Crippen LogP contribution is 2.26. The van der Waals surface area contributed by atoms with E-state index < -0.39 is 10.0 Å². The van der Waals surface area contributed by atoms with E-state index in [2.05, 4.69) is 29.7 Å². The minimum absolute atomic E-state index is 0.0485. The number of benzene rings is 2. The molecule has 2 N–H and O–H groups in total. The Kier molecular flexibility index (Phi) is 6.69. The van der Waals surface area contributed by atoms with Crippen molar-refractivity contribution in [3.63, 3.8) is 0 Å². The zero-order valence-corrected chi connectivity index (χ0v) is 17.9. The average molecular weight is 418 g/mol. The third-order valence-corrected chi connectivity index (χ3v) is 7.31. The standard InChI is InChI=1S/C21H27N3O2S2/c1-3-17-7-9-18(10-8-17)22-21(27)23-19-11-13-20(14-12-19)28(25,26)24-15-5-4-6-16(24)2/h7-14,16H,3-6,15H2,1-2H3,(H2,22,23,27)/t16-/m1/s1. The Balaban J connectivity index is 1.64. The van der Waals surface area contributed by atoms with Gasteiger partial charge in [0.05, 0.1) is 4.90 Å². The Bertz CT molecular complexity index is 910.